The molecule has 0 radical (unpaired) electrons. The third kappa shape index (κ3) is 8.21. The summed E-state index contributed by atoms with van der Waals surface area (Å²) in [4.78, 5) is 57.7. The molecule has 0 fully saturated rings. The zero-order valence-electron chi connectivity index (χ0n) is 34.7. The van der Waals surface area contributed by atoms with Gasteiger partial charge < -0.3 is 25.6 Å². The highest BCUT2D eigenvalue weighted by molar-refractivity contribution is 6.04. The summed E-state index contributed by atoms with van der Waals surface area (Å²) in [5, 5.41) is 4.90. The zero-order valence-corrected chi connectivity index (χ0v) is 34.7. The molecule has 61 heavy (non-hydrogen) atoms. The normalized spacial score (nSPS) is 11.5. The summed E-state index contributed by atoms with van der Waals surface area (Å²) in [6.45, 7) is 5.08. The number of aromatic nitrogens is 8. The quantitative estimate of drug-likeness (QED) is 0.133. The number of nitrogens with zero attached hydrogens (tertiary/aromatic N) is 10. The maximum atomic E-state index is 13.0. The molecule has 3 N–H and O–H groups in total. The molecule has 0 saturated carbocycles. The minimum atomic E-state index is -0.483. The number of hydrogen-bond acceptors (Lipinski definition) is 12. The Labute approximate surface area is 350 Å². The van der Waals surface area contributed by atoms with E-state index in [2.05, 4.69) is 25.2 Å². The molecule has 10 rings (SSSR count). The number of carbonyl (C=O) groups is 2. The Morgan fingerprint density at radius 3 is 1.49 bits per heavy atom. The van der Waals surface area contributed by atoms with E-state index in [4.69, 9.17) is 25.4 Å². The lowest BCUT2D eigenvalue weighted by Gasteiger charge is -2.11. The number of ether oxygens (including phenoxy) is 1. The van der Waals surface area contributed by atoms with Crippen LogP contribution in [0.25, 0.3) is 77.5 Å². The number of esters is 1. The van der Waals surface area contributed by atoms with Gasteiger partial charge in [0.1, 0.15) is 11.0 Å². The highest BCUT2D eigenvalue weighted by Gasteiger charge is 2.22. The van der Waals surface area contributed by atoms with Crippen molar-refractivity contribution in [2.75, 3.05) is 61.0 Å². The second-order valence-electron chi connectivity index (χ2n) is 14.9. The molecule has 0 spiro atoms. The number of rotatable bonds is 8. The van der Waals surface area contributed by atoms with E-state index >= 15 is 0 Å². The van der Waals surface area contributed by atoms with Crippen LogP contribution in [0.5, 0.6) is 0 Å². The number of benzene rings is 4. The molecule has 1 amide bonds. The highest BCUT2D eigenvalue weighted by atomic mass is 16.5. The van der Waals surface area contributed by atoms with E-state index in [1.165, 1.54) is 0 Å². The third-order valence-corrected chi connectivity index (χ3v) is 9.91. The van der Waals surface area contributed by atoms with E-state index in [0.717, 1.165) is 63.5 Å². The van der Waals surface area contributed by atoms with Gasteiger partial charge in [0.2, 0.25) is 0 Å². The van der Waals surface area contributed by atoms with E-state index < -0.39 is 5.97 Å². The molecule has 0 aliphatic heterocycles. The predicted octanol–water partition coefficient (Wildman–Crippen LogP) is 6.14. The van der Waals surface area contributed by atoms with Crippen LogP contribution in [0.1, 0.15) is 27.9 Å². The van der Waals surface area contributed by atoms with Gasteiger partial charge in [-0.1, -0.05) is 60.7 Å². The lowest BCUT2D eigenvalue weighted by molar-refractivity contribution is 0.0521. The number of carbonyl (C=O) groups excluding carboxylic acids is 2. The summed E-state index contributed by atoms with van der Waals surface area (Å²) in [5.74, 6) is -0.718. The molecule has 15 nitrogen and oxygen atoms in total. The van der Waals surface area contributed by atoms with Crippen molar-refractivity contribution in [3.63, 3.8) is 0 Å². The molecule has 0 unspecified atom stereocenters. The first kappa shape index (κ1) is 40.6. The topological polar surface area (TPSA) is 174 Å². The molecule has 0 atom stereocenters. The Morgan fingerprint density at radius 2 is 1.02 bits per heavy atom. The first-order valence-electron chi connectivity index (χ1n) is 20.0. The zero-order chi connectivity index (χ0) is 42.6. The molecule has 0 aliphatic carbocycles. The fourth-order valence-electron chi connectivity index (χ4n) is 7.05. The Balaban J connectivity index is 0.000000150. The summed E-state index contributed by atoms with van der Waals surface area (Å²) >= 11 is 0. The van der Waals surface area contributed by atoms with Crippen LogP contribution in [-0.4, -0.2) is 121 Å². The van der Waals surface area contributed by atoms with Crippen molar-refractivity contribution >= 4 is 89.4 Å². The van der Waals surface area contributed by atoms with Gasteiger partial charge in [0.15, 0.2) is 34.0 Å². The summed E-state index contributed by atoms with van der Waals surface area (Å²) in [5.41, 5.74) is 14.4. The monoisotopic (exact) mass is 814 g/mol. The van der Waals surface area contributed by atoms with Gasteiger partial charge in [0, 0.05) is 37.0 Å². The minimum absolute atomic E-state index is 0.202. The van der Waals surface area contributed by atoms with Crippen molar-refractivity contribution in [2.45, 2.75) is 6.92 Å². The SMILES string of the molecule is CCOC(=O)c1nc2cc3ccccc3nc2n2c1nc1ccccc12.CN(C)CCN.CN(C)CCNC(=O)c1nc2cc3ccccc3nc2n2c1nc1ccccc12. The number of para-hydroxylation sites is 6. The fraction of sp³-hybridized carbons (Fsp3) is 0.217. The summed E-state index contributed by atoms with van der Waals surface area (Å²) in [6, 6.07) is 35.2. The molecule has 0 bridgehead atoms. The third-order valence-electron chi connectivity index (χ3n) is 9.91. The number of imidazole rings is 2. The smallest absolute Gasteiger partial charge is 0.360 e. The van der Waals surface area contributed by atoms with Gasteiger partial charge in [0.25, 0.3) is 5.91 Å². The summed E-state index contributed by atoms with van der Waals surface area (Å²) in [7, 11) is 7.95. The van der Waals surface area contributed by atoms with Crippen LogP contribution in [0.4, 0.5) is 0 Å². The Hall–Kier alpha value is -7.20. The van der Waals surface area contributed by atoms with Crippen molar-refractivity contribution in [3.05, 3.63) is 121 Å². The van der Waals surface area contributed by atoms with Gasteiger partial charge in [-0.15, -0.1) is 0 Å². The molecule has 0 saturated heterocycles. The van der Waals surface area contributed by atoms with Gasteiger partial charge in [-0.2, -0.15) is 0 Å². The predicted molar refractivity (Wildman–Crippen MR) is 241 cm³/mol. The Kier molecular flexibility index (Phi) is 11.7. The molecule has 0 aliphatic rings. The van der Waals surface area contributed by atoms with E-state index in [1.54, 1.807) is 6.92 Å². The number of hydrogen-bond donors (Lipinski definition) is 2. The Bertz CT molecular complexity index is 3230. The lowest BCUT2D eigenvalue weighted by Crippen LogP contribution is -2.32. The number of nitrogens with one attached hydrogen (secondary N) is 1. The fourth-order valence-corrected chi connectivity index (χ4v) is 7.05. The molecule has 4 aromatic carbocycles. The molecule has 15 heteroatoms. The number of pyridine rings is 2. The van der Waals surface area contributed by atoms with Crippen molar-refractivity contribution < 1.29 is 14.3 Å². The van der Waals surface area contributed by atoms with Crippen LogP contribution in [-0.2, 0) is 4.74 Å². The van der Waals surface area contributed by atoms with Crippen LogP contribution in [0.15, 0.2) is 109 Å². The number of nitrogens with two attached hydrogens (primary N) is 1. The van der Waals surface area contributed by atoms with E-state index in [-0.39, 0.29) is 18.2 Å². The summed E-state index contributed by atoms with van der Waals surface area (Å²) in [6.07, 6.45) is 0. The van der Waals surface area contributed by atoms with Crippen molar-refractivity contribution in [3.8, 4) is 0 Å². The first-order chi connectivity index (χ1) is 29.6. The van der Waals surface area contributed by atoms with Crippen LogP contribution in [0, 0.1) is 0 Å². The maximum Gasteiger partial charge on any atom is 0.360 e. The number of likely N-dealkylation sites (N-methyl/N-ethyl adjacent to an activating group) is 2. The molecule has 6 aromatic heterocycles. The number of amides is 1. The average molecular weight is 815 g/mol. The van der Waals surface area contributed by atoms with E-state index in [9.17, 15) is 9.59 Å². The van der Waals surface area contributed by atoms with Gasteiger partial charge in [-0.25, -0.2) is 34.7 Å². The standard InChI is InChI=1S/C22H20N6O.C20H14N4O2.C4H12N2/c1-27(2)12-11-23-22(29)19-21-26-16-9-5-6-10-18(16)28(21)20-17(24-19)13-14-7-3-4-8-15(14)25-20;1-2-26-20(25)17-19-23-14-9-5-6-10-16(14)24(19)18-15(21-17)11-12-7-3-4-8-13(12)22-18;1-6(2)4-3-5/h3-10,13H,11-12H2,1-2H3,(H,23,29);3-11H,2H2,1H3;3-5H2,1-2H3. The Morgan fingerprint density at radius 1 is 0.574 bits per heavy atom. The van der Waals surface area contributed by atoms with Crippen LogP contribution in [0.2, 0.25) is 0 Å². The average Bonchev–Trinajstić information content (AvgIpc) is 3.85. The van der Waals surface area contributed by atoms with Crippen molar-refractivity contribution in [1.82, 2.24) is 53.8 Å². The minimum Gasteiger partial charge on any atom is -0.461 e. The first-order valence-corrected chi connectivity index (χ1v) is 20.0. The maximum absolute atomic E-state index is 13.0. The molecular formula is C46H46N12O3. The van der Waals surface area contributed by atoms with Crippen molar-refractivity contribution in [1.29, 1.82) is 0 Å². The largest absolute Gasteiger partial charge is 0.461 e. The summed E-state index contributed by atoms with van der Waals surface area (Å²) < 4.78 is 9.01. The van der Waals surface area contributed by atoms with Crippen LogP contribution in [0.3, 0.4) is 0 Å². The van der Waals surface area contributed by atoms with Crippen LogP contribution >= 0.6 is 0 Å². The van der Waals surface area contributed by atoms with Gasteiger partial charge in [-0.3, -0.25) is 13.6 Å². The molecule has 6 heterocycles. The highest BCUT2D eigenvalue weighted by Crippen LogP contribution is 2.28. The van der Waals surface area contributed by atoms with Gasteiger partial charge >= 0.3 is 5.97 Å². The molecular weight excluding hydrogens is 769 g/mol. The second kappa shape index (κ2) is 17.6. The number of fused-ring (bicyclic) bond motifs is 12. The van der Waals surface area contributed by atoms with E-state index in [0.29, 0.717) is 45.9 Å². The van der Waals surface area contributed by atoms with E-state index in [1.807, 2.05) is 151 Å². The van der Waals surface area contributed by atoms with Gasteiger partial charge in [0.05, 0.1) is 39.7 Å². The lowest BCUT2D eigenvalue weighted by atomic mass is 10.2. The molecule has 10 aromatic rings. The molecule has 308 valence electrons. The van der Waals surface area contributed by atoms with Crippen LogP contribution < -0.4 is 11.1 Å². The second-order valence-corrected chi connectivity index (χ2v) is 14.9. The van der Waals surface area contributed by atoms with Gasteiger partial charge in [-0.05, 0) is 83.6 Å². The van der Waals surface area contributed by atoms with Crippen molar-refractivity contribution in [2.24, 2.45) is 5.73 Å².